The molecule has 1 saturated carbocycles. The smallest absolute Gasteiger partial charge is 0.180 e. The molecule has 1 fully saturated rings. The molecule has 0 spiro atoms. The average molecular weight is 296 g/mol. The lowest BCUT2D eigenvalue weighted by Gasteiger charge is -2.08. The second-order valence-corrected chi connectivity index (χ2v) is 6.38. The fourth-order valence-corrected chi connectivity index (χ4v) is 4.08. The molecule has 0 aliphatic heterocycles. The van der Waals surface area contributed by atoms with E-state index in [1.807, 2.05) is 18.2 Å². The lowest BCUT2D eigenvalue weighted by molar-refractivity contribution is 0.730. The fourth-order valence-electron chi connectivity index (χ4n) is 3.09. The second kappa shape index (κ2) is 5.07. The molecule has 21 heavy (non-hydrogen) atoms. The first-order valence-corrected chi connectivity index (χ1v) is 8.17. The molecule has 106 valence electrons. The maximum absolute atomic E-state index is 6.14. The van der Waals surface area contributed by atoms with E-state index in [2.05, 4.69) is 15.3 Å². The Kier molecular flexibility index (Phi) is 3.07. The van der Waals surface area contributed by atoms with Gasteiger partial charge in [-0.05, 0) is 41.8 Å². The van der Waals surface area contributed by atoms with Crippen LogP contribution in [0.4, 0.5) is 5.82 Å². The summed E-state index contributed by atoms with van der Waals surface area (Å²) in [6, 6.07) is 5.75. The van der Waals surface area contributed by atoms with Gasteiger partial charge in [-0.1, -0.05) is 18.9 Å². The first-order valence-electron chi connectivity index (χ1n) is 7.29. The summed E-state index contributed by atoms with van der Waals surface area (Å²) < 4.78 is 1.01. The van der Waals surface area contributed by atoms with Gasteiger partial charge < -0.3 is 5.73 Å². The number of aromatic nitrogens is 3. The predicted molar refractivity (Wildman–Crippen MR) is 86.3 cm³/mol. The number of nitrogens with zero attached hydrogens (tertiary/aromatic N) is 3. The third-order valence-corrected chi connectivity index (χ3v) is 5.17. The zero-order chi connectivity index (χ0) is 14.2. The number of hydrogen-bond acceptors (Lipinski definition) is 5. The molecule has 0 aromatic carbocycles. The van der Waals surface area contributed by atoms with Gasteiger partial charge in [0.1, 0.15) is 11.5 Å². The van der Waals surface area contributed by atoms with Gasteiger partial charge in [-0.25, -0.2) is 9.97 Å². The summed E-state index contributed by atoms with van der Waals surface area (Å²) in [6.45, 7) is 0. The molecule has 2 N–H and O–H groups in total. The minimum absolute atomic E-state index is 0.565. The Balaban J connectivity index is 1.89. The van der Waals surface area contributed by atoms with Gasteiger partial charge in [-0.2, -0.15) is 0 Å². The van der Waals surface area contributed by atoms with Gasteiger partial charge in [-0.3, -0.25) is 4.98 Å². The van der Waals surface area contributed by atoms with Crippen LogP contribution in [0.5, 0.6) is 0 Å². The normalized spacial score (nSPS) is 15.8. The van der Waals surface area contributed by atoms with Crippen molar-refractivity contribution in [3.05, 3.63) is 35.3 Å². The van der Waals surface area contributed by atoms with E-state index in [0.717, 1.165) is 15.9 Å². The summed E-state index contributed by atoms with van der Waals surface area (Å²) in [5.74, 6) is 1.82. The minimum atomic E-state index is 0.565. The number of nitrogens with two attached hydrogens (primary N) is 1. The standard InChI is InChI=1S/C16H16N4S/c17-15-14-13(11(9-21-14)10-5-1-2-6-10)19-16(20-15)12-7-3-4-8-18-12/h3-4,7-10H,1-2,5-6H2,(H2,17,19,20). The number of hydrogen-bond donors (Lipinski definition) is 1. The zero-order valence-corrected chi connectivity index (χ0v) is 12.4. The molecule has 1 aliphatic carbocycles. The Morgan fingerprint density at radius 1 is 1.14 bits per heavy atom. The van der Waals surface area contributed by atoms with Crippen molar-refractivity contribution in [3.8, 4) is 11.5 Å². The van der Waals surface area contributed by atoms with Gasteiger partial charge >= 0.3 is 0 Å². The van der Waals surface area contributed by atoms with E-state index in [-0.39, 0.29) is 0 Å². The van der Waals surface area contributed by atoms with Crippen LogP contribution in [0.2, 0.25) is 0 Å². The molecular weight excluding hydrogens is 280 g/mol. The maximum atomic E-state index is 6.14. The number of thiophene rings is 1. The highest BCUT2D eigenvalue weighted by atomic mass is 32.1. The van der Waals surface area contributed by atoms with E-state index in [1.54, 1.807) is 17.5 Å². The quantitative estimate of drug-likeness (QED) is 0.776. The first kappa shape index (κ1) is 12.7. The van der Waals surface area contributed by atoms with Crippen molar-refractivity contribution in [1.82, 2.24) is 15.0 Å². The summed E-state index contributed by atoms with van der Waals surface area (Å²) in [5, 5.41) is 2.22. The van der Waals surface area contributed by atoms with E-state index in [9.17, 15) is 0 Å². The molecule has 0 atom stereocenters. The summed E-state index contributed by atoms with van der Waals surface area (Å²) in [5.41, 5.74) is 9.28. The highest BCUT2D eigenvalue weighted by molar-refractivity contribution is 7.18. The molecule has 0 unspecified atom stereocenters. The molecular formula is C16H16N4S. The highest BCUT2D eigenvalue weighted by Crippen LogP contribution is 2.41. The van der Waals surface area contributed by atoms with E-state index >= 15 is 0 Å². The lowest BCUT2D eigenvalue weighted by Crippen LogP contribution is -1.99. The van der Waals surface area contributed by atoms with Crippen LogP contribution in [-0.4, -0.2) is 15.0 Å². The van der Waals surface area contributed by atoms with Crippen LogP contribution < -0.4 is 5.73 Å². The predicted octanol–water partition coefficient (Wildman–Crippen LogP) is 3.99. The average Bonchev–Trinajstić information content (AvgIpc) is 3.16. The Morgan fingerprint density at radius 3 is 2.76 bits per heavy atom. The Morgan fingerprint density at radius 2 is 2.00 bits per heavy atom. The van der Waals surface area contributed by atoms with Crippen LogP contribution in [0.1, 0.15) is 37.2 Å². The fraction of sp³-hybridized carbons (Fsp3) is 0.312. The third kappa shape index (κ3) is 2.17. The van der Waals surface area contributed by atoms with Crippen molar-refractivity contribution >= 4 is 27.4 Å². The van der Waals surface area contributed by atoms with E-state index in [1.165, 1.54) is 31.2 Å². The van der Waals surface area contributed by atoms with Crippen molar-refractivity contribution < 1.29 is 0 Å². The molecule has 0 saturated heterocycles. The molecule has 3 aromatic rings. The van der Waals surface area contributed by atoms with Crippen molar-refractivity contribution in [2.45, 2.75) is 31.6 Å². The van der Waals surface area contributed by atoms with Crippen LogP contribution in [0, 0.1) is 0 Å². The molecule has 0 radical (unpaired) electrons. The van der Waals surface area contributed by atoms with Crippen molar-refractivity contribution in [2.24, 2.45) is 0 Å². The summed E-state index contributed by atoms with van der Waals surface area (Å²) >= 11 is 1.66. The summed E-state index contributed by atoms with van der Waals surface area (Å²) in [6.07, 6.45) is 6.90. The molecule has 1 aliphatic rings. The van der Waals surface area contributed by atoms with E-state index in [4.69, 9.17) is 10.7 Å². The van der Waals surface area contributed by atoms with Gasteiger partial charge in [0.2, 0.25) is 0 Å². The largest absolute Gasteiger partial charge is 0.382 e. The van der Waals surface area contributed by atoms with Crippen molar-refractivity contribution in [3.63, 3.8) is 0 Å². The molecule has 0 amide bonds. The zero-order valence-electron chi connectivity index (χ0n) is 11.6. The SMILES string of the molecule is Nc1nc(-c2ccccn2)nc2c(C3CCCC3)csc12. The summed E-state index contributed by atoms with van der Waals surface area (Å²) in [4.78, 5) is 13.5. The van der Waals surface area contributed by atoms with Gasteiger partial charge in [0.15, 0.2) is 5.82 Å². The Labute approximate surface area is 127 Å². The summed E-state index contributed by atoms with van der Waals surface area (Å²) in [7, 11) is 0. The van der Waals surface area contributed by atoms with Crippen molar-refractivity contribution in [2.75, 3.05) is 5.73 Å². The first-order chi connectivity index (χ1) is 10.3. The molecule has 3 aromatic heterocycles. The second-order valence-electron chi connectivity index (χ2n) is 5.50. The van der Waals surface area contributed by atoms with Crippen LogP contribution in [0.25, 0.3) is 21.7 Å². The molecule has 3 heterocycles. The number of nitrogen functional groups attached to an aromatic ring is 1. The van der Waals surface area contributed by atoms with Gasteiger partial charge in [0.25, 0.3) is 0 Å². The molecule has 5 heteroatoms. The van der Waals surface area contributed by atoms with Crippen LogP contribution in [0.15, 0.2) is 29.8 Å². The van der Waals surface area contributed by atoms with E-state index in [0.29, 0.717) is 17.6 Å². The van der Waals surface area contributed by atoms with Gasteiger partial charge in [0.05, 0.1) is 10.2 Å². The van der Waals surface area contributed by atoms with Crippen LogP contribution >= 0.6 is 11.3 Å². The third-order valence-electron chi connectivity index (χ3n) is 4.16. The molecule has 4 nitrogen and oxygen atoms in total. The lowest BCUT2D eigenvalue weighted by atomic mass is 10.00. The van der Waals surface area contributed by atoms with Crippen LogP contribution in [-0.2, 0) is 0 Å². The number of rotatable bonds is 2. The van der Waals surface area contributed by atoms with Gasteiger partial charge in [0, 0.05) is 6.20 Å². The molecule has 4 rings (SSSR count). The van der Waals surface area contributed by atoms with Crippen LogP contribution in [0.3, 0.4) is 0 Å². The Hall–Kier alpha value is -2.01. The highest BCUT2D eigenvalue weighted by Gasteiger charge is 2.22. The number of fused-ring (bicyclic) bond motifs is 1. The van der Waals surface area contributed by atoms with E-state index < -0.39 is 0 Å². The Bertz CT molecular complexity index is 776. The van der Waals surface area contributed by atoms with Gasteiger partial charge in [-0.15, -0.1) is 11.3 Å². The molecule has 0 bridgehead atoms. The monoisotopic (exact) mass is 296 g/mol. The number of anilines is 1. The topological polar surface area (TPSA) is 64.7 Å². The van der Waals surface area contributed by atoms with Crippen molar-refractivity contribution in [1.29, 1.82) is 0 Å². The number of pyridine rings is 1. The minimum Gasteiger partial charge on any atom is -0.382 e. The maximum Gasteiger partial charge on any atom is 0.180 e.